The third-order valence-corrected chi connectivity index (χ3v) is 3.71. The second kappa shape index (κ2) is 7.09. The van der Waals surface area contributed by atoms with Crippen molar-refractivity contribution in [1.29, 1.82) is 0 Å². The zero-order chi connectivity index (χ0) is 17.8. The molecule has 6 nitrogen and oxygen atoms in total. The van der Waals surface area contributed by atoms with Gasteiger partial charge in [0.05, 0.1) is 32.4 Å². The van der Waals surface area contributed by atoms with Gasteiger partial charge in [-0.2, -0.15) is 0 Å². The molecule has 2 aromatic carbocycles. The van der Waals surface area contributed by atoms with E-state index in [1.165, 1.54) is 21.3 Å². The highest BCUT2D eigenvalue weighted by molar-refractivity contribution is 5.95. The van der Waals surface area contributed by atoms with Gasteiger partial charge in [-0.3, -0.25) is 4.98 Å². The maximum atomic E-state index is 12.5. The van der Waals surface area contributed by atoms with E-state index in [1.807, 2.05) is 12.1 Å². The van der Waals surface area contributed by atoms with Crippen LogP contribution in [0.4, 0.5) is 0 Å². The molecule has 3 aromatic rings. The van der Waals surface area contributed by atoms with Gasteiger partial charge in [0, 0.05) is 23.7 Å². The SMILES string of the molecule is COc1cc(OC)c(OC(=O)c2ccc3ncccc3c2)cc1OC. The minimum absolute atomic E-state index is 0.247. The van der Waals surface area contributed by atoms with Crippen LogP contribution in [0, 0.1) is 0 Å². The number of nitrogens with zero attached hydrogens (tertiary/aromatic N) is 1. The quantitative estimate of drug-likeness (QED) is 0.524. The first-order chi connectivity index (χ1) is 12.2. The molecule has 1 heterocycles. The second-order valence-electron chi connectivity index (χ2n) is 5.16. The number of esters is 1. The summed E-state index contributed by atoms with van der Waals surface area (Å²) < 4.78 is 21.2. The van der Waals surface area contributed by atoms with E-state index in [2.05, 4.69) is 4.98 Å². The summed E-state index contributed by atoms with van der Waals surface area (Å²) in [6.45, 7) is 0. The highest BCUT2D eigenvalue weighted by Crippen LogP contribution is 2.39. The van der Waals surface area contributed by atoms with Crippen LogP contribution in [0.2, 0.25) is 0 Å². The summed E-state index contributed by atoms with van der Waals surface area (Å²) in [7, 11) is 4.51. The number of hydrogen-bond acceptors (Lipinski definition) is 6. The summed E-state index contributed by atoms with van der Waals surface area (Å²) in [4.78, 5) is 16.7. The Hall–Kier alpha value is -3.28. The molecule has 1 aromatic heterocycles. The fourth-order valence-corrected chi connectivity index (χ4v) is 2.44. The average molecular weight is 339 g/mol. The number of hydrogen-bond donors (Lipinski definition) is 0. The highest BCUT2D eigenvalue weighted by atomic mass is 16.6. The number of fused-ring (bicyclic) bond motifs is 1. The Kier molecular flexibility index (Phi) is 4.70. The lowest BCUT2D eigenvalue weighted by Crippen LogP contribution is -2.09. The molecule has 0 atom stereocenters. The number of carbonyl (C=O) groups is 1. The lowest BCUT2D eigenvalue weighted by atomic mass is 10.1. The van der Waals surface area contributed by atoms with Crippen LogP contribution in [-0.4, -0.2) is 32.3 Å². The molecule has 0 bridgehead atoms. The molecular weight excluding hydrogens is 322 g/mol. The molecule has 0 N–H and O–H groups in total. The van der Waals surface area contributed by atoms with Gasteiger partial charge in [-0.25, -0.2) is 4.79 Å². The molecule has 25 heavy (non-hydrogen) atoms. The molecule has 0 spiro atoms. The molecule has 0 aliphatic rings. The van der Waals surface area contributed by atoms with Crippen LogP contribution in [0.1, 0.15) is 10.4 Å². The van der Waals surface area contributed by atoms with Crippen LogP contribution in [0.15, 0.2) is 48.7 Å². The molecule has 3 rings (SSSR count). The van der Waals surface area contributed by atoms with Crippen LogP contribution in [0.3, 0.4) is 0 Å². The Morgan fingerprint density at radius 2 is 1.48 bits per heavy atom. The van der Waals surface area contributed by atoms with Gasteiger partial charge in [-0.1, -0.05) is 6.07 Å². The van der Waals surface area contributed by atoms with Crippen molar-refractivity contribution < 1.29 is 23.7 Å². The first-order valence-corrected chi connectivity index (χ1v) is 7.53. The number of aromatic nitrogens is 1. The van der Waals surface area contributed by atoms with E-state index in [-0.39, 0.29) is 5.75 Å². The van der Waals surface area contributed by atoms with E-state index in [0.29, 0.717) is 22.8 Å². The summed E-state index contributed by atoms with van der Waals surface area (Å²) in [6, 6.07) is 12.0. The van der Waals surface area contributed by atoms with Crippen molar-refractivity contribution in [3.63, 3.8) is 0 Å². The van der Waals surface area contributed by atoms with E-state index in [0.717, 1.165) is 10.9 Å². The second-order valence-corrected chi connectivity index (χ2v) is 5.16. The summed E-state index contributed by atoms with van der Waals surface area (Å²) in [5, 5.41) is 0.858. The first-order valence-electron chi connectivity index (χ1n) is 7.53. The Morgan fingerprint density at radius 1 is 0.840 bits per heavy atom. The maximum Gasteiger partial charge on any atom is 0.343 e. The number of benzene rings is 2. The predicted molar refractivity (Wildman–Crippen MR) is 92.8 cm³/mol. The van der Waals surface area contributed by atoms with E-state index >= 15 is 0 Å². The van der Waals surface area contributed by atoms with E-state index in [1.54, 1.807) is 36.5 Å². The first kappa shape index (κ1) is 16.6. The van der Waals surface area contributed by atoms with E-state index in [9.17, 15) is 4.79 Å². The van der Waals surface area contributed by atoms with Crippen molar-refractivity contribution in [2.24, 2.45) is 0 Å². The van der Waals surface area contributed by atoms with Gasteiger partial charge in [0.1, 0.15) is 0 Å². The van der Waals surface area contributed by atoms with Crippen molar-refractivity contribution in [3.8, 4) is 23.0 Å². The van der Waals surface area contributed by atoms with E-state index in [4.69, 9.17) is 18.9 Å². The summed E-state index contributed by atoms with van der Waals surface area (Å²) >= 11 is 0. The van der Waals surface area contributed by atoms with Gasteiger partial charge in [0.2, 0.25) is 0 Å². The van der Waals surface area contributed by atoms with Crippen LogP contribution in [-0.2, 0) is 0 Å². The molecule has 0 aliphatic carbocycles. The Morgan fingerprint density at radius 3 is 2.16 bits per heavy atom. The lowest BCUT2D eigenvalue weighted by molar-refractivity contribution is 0.0729. The van der Waals surface area contributed by atoms with Crippen molar-refractivity contribution in [3.05, 3.63) is 54.2 Å². The number of methoxy groups -OCH3 is 3. The molecule has 0 radical (unpaired) electrons. The predicted octanol–water partition coefficient (Wildman–Crippen LogP) is 3.48. The minimum Gasteiger partial charge on any atom is -0.493 e. The smallest absolute Gasteiger partial charge is 0.343 e. The molecule has 0 unspecified atom stereocenters. The number of pyridine rings is 1. The molecule has 0 saturated carbocycles. The normalized spacial score (nSPS) is 10.4. The number of ether oxygens (including phenoxy) is 4. The van der Waals surface area contributed by atoms with Crippen molar-refractivity contribution >= 4 is 16.9 Å². The van der Waals surface area contributed by atoms with Gasteiger partial charge >= 0.3 is 5.97 Å². The number of rotatable bonds is 5. The fraction of sp³-hybridized carbons (Fsp3) is 0.158. The summed E-state index contributed by atoms with van der Waals surface area (Å²) in [5.74, 6) is 1.03. The average Bonchev–Trinajstić information content (AvgIpc) is 2.67. The highest BCUT2D eigenvalue weighted by Gasteiger charge is 2.17. The fourth-order valence-electron chi connectivity index (χ4n) is 2.44. The third-order valence-electron chi connectivity index (χ3n) is 3.71. The van der Waals surface area contributed by atoms with Crippen LogP contribution in [0.5, 0.6) is 23.0 Å². The zero-order valence-corrected chi connectivity index (χ0v) is 14.1. The van der Waals surface area contributed by atoms with Crippen LogP contribution < -0.4 is 18.9 Å². The van der Waals surface area contributed by atoms with Gasteiger partial charge < -0.3 is 18.9 Å². The molecule has 0 amide bonds. The monoisotopic (exact) mass is 339 g/mol. The van der Waals surface area contributed by atoms with Gasteiger partial charge in [-0.15, -0.1) is 0 Å². The van der Waals surface area contributed by atoms with Gasteiger partial charge in [-0.05, 0) is 24.3 Å². The summed E-state index contributed by atoms with van der Waals surface area (Å²) in [6.07, 6.45) is 1.70. The lowest BCUT2D eigenvalue weighted by Gasteiger charge is -2.14. The standard InChI is InChI=1S/C19H17NO5/c1-22-15-10-17(24-3)18(11-16(15)23-2)25-19(21)13-6-7-14-12(9-13)5-4-8-20-14/h4-11H,1-3H3. The zero-order valence-electron chi connectivity index (χ0n) is 14.1. The van der Waals surface area contributed by atoms with Gasteiger partial charge in [0.25, 0.3) is 0 Å². The van der Waals surface area contributed by atoms with Crippen molar-refractivity contribution in [1.82, 2.24) is 4.98 Å². The molecule has 0 fully saturated rings. The third kappa shape index (κ3) is 3.33. The van der Waals surface area contributed by atoms with Crippen LogP contribution in [0.25, 0.3) is 10.9 Å². The Bertz CT molecular complexity index is 923. The molecule has 0 saturated heterocycles. The van der Waals surface area contributed by atoms with E-state index < -0.39 is 5.97 Å². The van der Waals surface area contributed by atoms with Gasteiger partial charge in [0.15, 0.2) is 23.0 Å². The Balaban J connectivity index is 1.93. The molecule has 128 valence electrons. The summed E-state index contributed by atoms with van der Waals surface area (Å²) in [5.41, 5.74) is 1.22. The van der Waals surface area contributed by atoms with Crippen molar-refractivity contribution in [2.45, 2.75) is 0 Å². The number of carbonyl (C=O) groups excluding carboxylic acids is 1. The maximum absolute atomic E-state index is 12.5. The largest absolute Gasteiger partial charge is 0.493 e. The topological polar surface area (TPSA) is 66.9 Å². The van der Waals surface area contributed by atoms with Crippen molar-refractivity contribution in [2.75, 3.05) is 21.3 Å². The van der Waals surface area contributed by atoms with Crippen LogP contribution >= 0.6 is 0 Å². The molecule has 6 heteroatoms. The minimum atomic E-state index is -0.503. The Labute approximate surface area is 144 Å². The molecular formula is C19H17NO5. The molecule has 0 aliphatic heterocycles.